The Morgan fingerprint density at radius 2 is 1.70 bits per heavy atom. The molecule has 2 aromatic rings. The molecule has 0 bridgehead atoms. The number of hydrogen-bond acceptors (Lipinski definition) is 4. The molecule has 0 atom stereocenters. The van der Waals surface area contributed by atoms with Crippen LogP contribution < -0.4 is 5.43 Å². The second kappa shape index (κ2) is 9.32. The van der Waals surface area contributed by atoms with Crippen LogP contribution in [-0.2, 0) is 10.0 Å². The first-order valence-corrected chi connectivity index (χ1v) is 10.4. The van der Waals surface area contributed by atoms with Crippen LogP contribution in [0.15, 0.2) is 52.5 Å². The zero-order valence-electron chi connectivity index (χ0n) is 14.8. The van der Waals surface area contributed by atoms with Gasteiger partial charge in [0.25, 0.3) is 5.91 Å². The molecule has 0 radical (unpaired) electrons. The number of amides is 1. The summed E-state index contributed by atoms with van der Waals surface area (Å²) in [6.45, 7) is 4.20. The number of hydrazone groups is 1. The summed E-state index contributed by atoms with van der Waals surface area (Å²) in [7, 11) is -3.65. The van der Waals surface area contributed by atoms with Crippen molar-refractivity contribution in [1.82, 2.24) is 9.73 Å². The van der Waals surface area contributed by atoms with Crippen LogP contribution in [0.2, 0.25) is 10.0 Å². The molecule has 144 valence electrons. The van der Waals surface area contributed by atoms with Crippen molar-refractivity contribution in [3.63, 3.8) is 0 Å². The molecule has 2 rings (SSSR count). The van der Waals surface area contributed by atoms with Gasteiger partial charge in [-0.3, -0.25) is 4.79 Å². The van der Waals surface area contributed by atoms with E-state index in [1.54, 1.807) is 32.0 Å². The van der Waals surface area contributed by atoms with Crippen molar-refractivity contribution in [1.29, 1.82) is 0 Å². The van der Waals surface area contributed by atoms with E-state index in [2.05, 4.69) is 10.5 Å². The third-order valence-corrected chi connectivity index (χ3v) is 6.50. The number of nitrogens with zero attached hydrogens (tertiary/aromatic N) is 2. The molecule has 0 saturated carbocycles. The maximum absolute atomic E-state index is 12.6. The molecule has 0 spiro atoms. The molecule has 0 aliphatic rings. The topological polar surface area (TPSA) is 78.8 Å². The normalized spacial score (nSPS) is 11.9. The van der Waals surface area contributed by atoms with Crippen LogP contribution >= 0.6 is 23.2 Å². The van der Waals surface area contributed by atoms with Gasteiger partial charge in [0, 0.05) is 24.2 Å². The molecule has 0 aliphatic heterocycles. The largest absolute Gasteiger partial charge is 0.271 e. The van der Waals surface area contributed by atoms with Crippen LogP contribution in [0.5, 0.6) is 0 Å². The third-order valence-electron chi connectivity index (χ3n) is 3.80. The summed E-state index contributed by atoms with van der Waals surface area (Å²) in [5.74, 6) is -0.550. The van der Waals surface area contributed by atoms with Crippen LogP contribution in [0.1, 0.15) is 29.8 Å². The first kappa shape index (κ1) is 21.4. The smallest absolute Gasteiger partial charge is 0.267 e. The molecular formula is C18H19Cl2N3O3S. The van der Waals surface area contributed by atoms with E-state index in [1.165, 1.54) is 34.8 Å². The molecular weight excluding hydrogens is 409 g/mol. The summed E-state index contributed by atoms with van der Waals surface area (Å²) in [4.78, 5) is 12.3. The number of benzene rings is 2. The molecule has 1 amide bonds. The van der Waals surface area contributed by atoms with Crippen molar-refractivity contribution in [2.75, 3.05) is 13.1 Å². The first-order chi connectivity index (χ1) is 12.8. The summed E-state index contributed by atoms with van der Waals surface area (Å²) in [5, 5.41) is 4.64. The van der Waals surface area contributed by atoms with E-state index < -0.39 is 15.9 Å². The van der Waals surface area contributed by atoms with Crippen LogP contribution in [-0.4, -0.2) is 37.9 Å². The molecule has 0 aliphatic carbocycles. The Kier molecular flexibility index (Phi) is 7.38. The standard InChI is InChI=1S/C18H19Cl2N3O3S/c1-3-23(4-2)27(25,26)14-8-5-7-13(11-14)18(24)22-21-12-15-16(19)9-6-10-17(15)20/h5-12H,3-4H2,1-2H3,(H,22,24)/b21-12-. The van der Waals surface area contributed by atoms with Gasteiger partial charge < -0.3 is 0 Å². The summed E-state index contributed by atoms with van der Waals surface area (Å²) < 4.78 is 26.5. The Bertz CT molecular complexity index is 938. The van der Waals surface area contributed by atoms with E-state index in [9.17, 15) is 13.2 Å². The van der Waals surface area contributed by atoms with Gasteiger partial charge in [0.15, 0.2) is 0 Å². The Balaban J connectivity index is 2.20. The Labute approximate surface area is 168 Å². The van der Waals surface area contributed by atoms with E-state index in [0.717, 1.165) is 0 Å². The lowest BCUT2D eigenvalue weighted by molar-refractivity contribution is 0.0955. The van der Waals surface area contributed by atoms with Gasteiger partial charge in [-0.2, -0.15) is 9.41 Å². The molecule has 27 heavy (non-hydrogen) atoms. The molecule has 0 fully saturated rings. The number of rotatable bonds is 7. The lowest BCUT2D eigenvalue weighted by Crippen LogP contribution is -2.30. The lowest BCUT2D eigenvalue weighted by atomic mass is 10.2. The highest BCUT2D eigenvalue weighted by Crippen LogP contribution is 2.22. The van der Waals surface area contributed by atoms with Gasteiger partial charge in [0.2, 0.25) is 10.0 Å². The molecule has 0 saturated heterocycles. The number of carbonyl (C=O) groups excluding carboxylic acids is 1. The minimum absolute atomic E-state index is 0.0528. The fraction of sp³-hybridized carbons (Fsp3) is 0.222. The van der Waals surface area contributed by atoms with Crippen molar-refractivity contribution in [2.45, 2.75) is 18.7 Å². The average Bonchev–Trinajstić information content (AvgIpc) is 2.65. The number of hydrogen-bond donors (Lipinski definition) is 1. The molecule has 0 heterocycles. The highest BCUT2D eigenvalue weighted by Gasteiger charge is 2.22. The molecule has 0 aromatic heterocycles. The number of halogens is 2. The van der Waals surface area contributed by atoms with Crippen molar-refractivity contribution in [3.8, 4) is 0 Å². The predicted molar refractivity (Wildman–Crippen MR) is 108 cm³/mol. The highest BCUT2D eigenvalue weighted by atomic mass is 35.5. The molecule has 2 aromatic carbocycles. The fourth-order valence-electron chi connectivity index (χ4n) is 2.36. The van der Waals surface area contributed by atoms with E-state index >= 15 is 0 Å². The number of carbonyl (C=O) groups is 1. The van der Waals surface area contributed by atoms with Crippen molar-refractivity contribution < 1.29 is 13.2 Å². The highest BCUT2D eigenvalue weighted by molar-refractivity contribution is 7.89. The Hall–Kier alpha value is -1.93. The second-order valence-electron chi connectivity index (χ2n) is 5.45. The Morgan fingerprint density at radius 3 is 2.30 bits per heavy atom. The van der Waals surface area contributed by atoms with Gasteiger partial charge in [0.05, 0.1) is 21.2 Å². The van der Waals surface area contributed by atoms with E-state index in [0.29, 0.717) is 28.7 Å². The van der Waals surface area contributed by atoms with E-state index in [4.69, 9.17) is 23.2 Å². The summed E-state index contributed by atoms with van der Waals surface area (Å²) in [6, 6.07) is 10.8. The van der Waals surface area contributed by atoms with Gasteiger partial charge >= 0.3 is 0 Å². The Morgan fingerprint density at radius 1 is 1.11 bits per heavy atom. The van der Waals surface area contributed by atoms with Gasteiger partial charge in [-0.05, 0) is 30.3 Å². The maximum atomic E-state index is 12.6. The average molecular weight is 428 g/mol. The van der Waals surface area contributed by atoms with E-state index in [1.807, 2.05) is 0 Å². The van der Waals surface area contributed by atoms with Crippen LogP contribution in [0.25, 0.3) is 0 Å². The second-order valence-corrected chi connectivity index (χ2v) is 8.20. The van der Waals surface area contributed by atoms with Gasteiger partial charge in [0.1, 0.15) is 0 Å². The predicted octanol–water partition coefficient (Wildman–Crippen LogP) is 3.79. The van der Waals surface area contributed by atoms with Crippen molar-refractivity contribution in [2.24, 2.45) is 5.10 Å². The van der Waals surface area contributed by atoms with Gasteiger partial charge in [-0.1, -0.05) is 49.2 Å². The fourth-order valence-corrected chi connectivity index (χ4v) is 4.36. The number of nitrogens with one attached hydrogen (secondary N) is 1. The molecule has 0 unspecified atom stereocenters. The zero-order chi connectivity index (χ0) is 20.0. The SMILES string of the molecule is CCN(CC)S(=O)(=O)c1cccc(C(=O)N/N=C\c2c(Cl)cccc2Cl)c1. The third kappa shape index (κ3) is 5.07. The van der Waals surface area contributed by atoms with Crippen molar-refractivity contribution >= 4 is 45.3 Å². The minimum Gasteiger partial charge on any atom is -0.267 e. The van der Waals surface area contributed by atoms with E-state index in [-0.39, 0.29) is 10.5 Å². The number of sulfonamides is 1. The van der Waals surface area contributed by atoms with Crippen LogP contribution in [0, 0.1) is 0 Å². The maximum Gasteiger partial charge on any atom is 0.271 e. The molecule has 6 nitrogen and oxygen atoms in total. The molecule has 9 heteroatoms. The summed E-state index contributed by atoms with van der Waals surface area (Å²) in [6.07, 6.45) is 1.33. The quantitative estimate of drug-likeness (QED) is 0.539. The monoisotopic (exact) mass is 427 g/mol. The summed E-state index contributed by atoms with van der Waals surface area (Å²) in [5.41, 5.74) is 2.99. The lowest BCUT2D eigenvalue weighted by Gasteiger charge is -2.18. The van der Waals surface area contributed by atoms with Crippen LogP contribution in [0.4, 0.5) is 0 Å². The zero-order valence-corrected chi connectivity index (χ0v) is 17.1. The molecule has 1 N–H and O–H groups in total. The van der Waals surface area contributed by atoms with Crippen LogP contribution in [0.3, 0.4) is 0 Å². The van der Waals surface area contributed by atoms with Gasteiger partial charge in [-0.25, -0.2) is 13.8 Å². The summed E-state index contributed by atoms with van der Waals surface area (Å²) >= 11 is 12.1. The van der Waals surface area contributed by atoms with Gasteiger partial charge in [-0.15, -0.1) is 0 Å². The first-order valence-electron chi connectivity index (χ1n) is 8.18. The minimum atomic E-state index is -3.65. The van der Waals surface area contributed by atoms with Crippen molar-refractivity contribution in [3.05, 3.63) is 63.6 Å².